The Morgan fingerprint density at radius 1 is 1.21 bits per heavy atom. The molecule has 0 unspecified atom stereocenters. The van der Waals surface area contributed by atoms with Gasteiger partial charge in [0.2, 0.25) is 0 Å². The molecule has 0 saturated heterocycles. The van der Waals surface area contributed by atoms with Gasteiger partial charge in [0, 0.05) is 0 Å². The zero-order valence-corrected chi connectivity index (χ0v) is 10.9. The lowest BCUT2D eigenvalue weighted by molar-refractivity contribution is -0.138. The molecule has 0 saturated carbocycles. The first-order valence-corrected chi connectivity index (χ1v) is 6.25. The highest BCUT2D eigenvalue weighted by Crippen LogP contribution is 2.21. The molecule has 0 spiro atoms. The Kier molecular flexibility index (Phi) is 4.14. The second-order valence-electron chi connectivity index (χ2n) is 4.09. The van der Waals surface area contributed by atoms with Crippen LogP contribution in [0, 0.1) is 0 Å². The maximum Gasteiger partial charge on any atom is 0.338 e. The minimum atomic E-state index is -0.342. The molecule has 0 aliphatic rings. The van der Waals surface area contributed by atoms with Gasteiger partial charge in [-0.15, -0.1) is 0 Å². The van der Waals surface area contributed by atoms with Crippen molar-refractivity contribution in [3.63, 3.8) is 0 Å². The third-order valence-corrected chi connectivity index (χ3v) is 2.87. The molecule has 2 aromatic carbocycles. The van der Waals surface area contributed by atoms with Crippen molar-refractivity contribution in [1.29, 1.82) is 0 Å². The maximum atomic E-state index is 11.8. The van der Waals surface area contributed by atoms with Crippen LogP contribution in [0.5, 0.6) is 0 Å². The van der Waals surface area contributed by atoms with Crippen LogP contribution in [0.2, 0.25) is 0 Å². The van der Waals surface area contributed by atoms with Crippen molar-refractivity contribution >= 4 is 22.8 Å². The molecule has 2 nitrogen and oxygen atoms in total. The fourth-order valence-electron chi connectivity index (χ4n) is 1.96. The van der Waals surface area contributed by atoms with Gasteiger partial charge in [0.05, 0.1) is 12.2 Å². The minimum absolute atomic E-state index is 0.342. The van der Waals surface area contributed by atoms with Crippen LogP contribution in [0.25, 0.3) is 16.8 Å². The Hall–Kier alpha value is -2.35. The predicted molar refractivity (Wildman–Crippen MR) is 78.8 cm³/mol. The Bertz CT molecular complexity index is 633. The van der Waals surface area contributed by atoms with E-state index in [1.165, 1.54) is 6.08 Å². The molecule has 2 heteroatoms. The highest BCUT2D eigenvalue weighted by molar-refractivity contribution is 6.00. The average molecular weight is 252 g/mol. The largest absolute Gasteiger partial charge is 0.462 e. The molecule has 0 N–H and O–H groups in total. The van der Waals surface area contributed by atoms with Gasteiger partial charge in [-0.1, -0.05) is 55.1 Å². The van der Waals surface area contributed by atoms with E-state index in [0.29, 0.717) is 12.2 Å². The number of benzene rings is 2. The molecular formula is C17H16O2. The quantitative estimate of drug-likeness (QED) is 0.467. The van der Waals surface area contributed by atoms with Crippen LogP contribution in [-0.4, -0.2) is 12.6 Å². The lowest BCUT2D eigenvalue weighted by Gasteiger charge is -2.05. The minimum Gasteiger partial charge on any atom is -0.462 e. The van der Waals surface area contributed by atoms with Crippen molar-refractivity contribution in [2.75, 3.05) is 6.61 Å². The van der Waals surface area contributed by atoms with E-state index in [4.69, 9.17) is 4.74 Å². The van der Waals surface area contributed by atoms with Crippen molar-refractivity contribution in [2.45, 2.75) is 6.92 Å². The van der Waals surface area contributed by atoms with Crippen LogP contribution in [0.3, 0.4) is 0 Å². The molecule has 2 aromatic rings. The number of carbonyl (C=O) groups excluding carboxylic acids is 1. The van der Waals surface area contributed by atoms with Gasteiger partial charge in [0.25, 0.3) is 0 Å². The van der Waals surface area contributed by atoms with Crippen LogP contribution in [0.4, 0.5) is 0 Å². The molecule has 96 valence electrons. The Morgan fingerprint density at radius 2 is 1.95 bits per heavy atom. The second-order valence-corrected chi connectivity index (χ2v) is 4.09. The van der Waals surface area contributed by atoms with Gasteiger partial charge in [0.15, 0.2) is 0 Å². The normalized spacial score (nSPS) is 11.3. The third kappa shape index (κ3) is 2.91. The lowest BCUT2D eigenvalue weighted by Crippen LogP contribution is -2.05. The molecule has 0 bridgehead atoms. The summed E-state index contributed by atoms with van der Waals surface area (Å²) in [6.07, 6.45) is 3.34. The van der Waals surface area contributed by atoms with Gasteiger partial charge >= 0.3 is 5.97 Å². The number of fused-ring (bicyclic) bond motifs is 1. The molecule has 0 amide bonds. The smallest absolute Gasteiger partial charge is 0.338 e. The number of esters is 1. The average Bonchev–Trinajstić information content (AvgIpc) is 2.45. The van der Waals surface area contributed by atoms with Gasteiger partial charge in [-0.3, -0.25) is 0 Å². The van der Waals surface area contributed by atoms with E-state index in [1.54, 1.807) is 6.92 Å². The highest BCUT2D eigenvalue weighted by Gasteiger charge is 2.07. The molecule has 0 aliphatic carbocycles. The Balaban J connectivity index is 2.49. The summed E-state index contributed by atoms with van der Waals surface area (Å²) in [7, 11) is 0. The molecule has 2 rings (SSSR count). The van der Waals surface area contributed by atoms with E-state index in [9.17, 15) is 4.79 Å². The molecule has 0 fully saturated rings. The van der Waals surface area contributed by atoms with Gasteiger partial charge in [0.1, 0.15) is 0 Å². The van der Waals surface area contributed by atoms with Gasteiger partial charge < -0.3 is 4.74 Å². The monoisotopic (exact) mass is 252 g/mol. The predicted octanol–water partition coefficient (Wildman–Crippen LogP) is 3.97. The maximum absolute atomic E-state index is 11.8. The van der Waals surface area contributed by atoms with E-state index < -0.39 is 0 Å². The van der Waals surface area contributed by atoms with Crippen LogP contribution in [0.15, 0.2) is 60.7 Å². The van der Waals surface area contributed by atoms with Crippen LogP contribution >= 0.6 is 0 Å². The third-order valence-electron chi connectivity index (χ3n) is 2.87. The van der Waals surface area contributed by atoms with E-state index in [2.05, 4.69) is 6.58 Å². The first-order chi connectivity index (χ1) is 9.26. The van der Waals surface area contributed by atoms with Crippen LogP contribution in [-0.2, 0) is 9.53 Å². The molecule has 0 aromatic heterocycles. The first-order valence-electron chi connectivity index (χ1n) is 6.25. The standard InChI is InChI=1S/C17H16O2/c1-3-13(17(18)19-4-2)12-15-10-7-9-14-8-5-6-11-16(14)15/h3,5-12H,1,4H2,2H3/b13-12+. The van der Waals surface area contributed by atoms with Crippen molar-refractivity contribution in [3.8, 4) is 0 Å². The number of hydrogen-bond acceptors (Lipinski definition) is 2. The second kappa shape index (κ2) is 6.01. The SMILES string of the molecule is C=C/C(=C\c1cccc2ccccc12)C(=O)OCC. The zero-order valence-electron chi connectivity index (χ0n) is 10.9. The van der Waals surface area contributed by atoms with E-state index in [1.807, 2.05) is 48.5 Å². The van der Waals surface area contributed by atoms with E-state index >= 15 is 0 Å². The summed E-state index contributed by atoms with van der Waals surface area (Å²) < 4.78 is 5.00. The Morgan fingerprint density at radius 3 is 2.68 bits per heavy atom. The fraction of sp³-hybridized carbons (Fsp3) is 0.118. The van der Waals surface area contributed by atoms with Gasteiger partial charge in [-0.25, -0.2) is 4.79 Å². The highest BCUT2D eigenvalue weighted by atomic mass is 16.5. The Labute approximate surface area is 113 Å². The summed E-state index contributed by atoms with van der Waals surface area (Å²) in [5.41, 5.74) is 1.46. The summed E-state index contributed by atoms with van der Waals surface area (Å²) in [6.45, 7) is 5.82. The summed E-state index contributed by atoms with van der Waals surface area (Å²) >= 11 is 0. The van der Waals surface area contributed by atoms with Crippen molar-refractivity contribution in [1.82, 2.24) is 0 Å². The van der Waals surface area contributed by atoms with Gasteiger partial charge in [-0.05, 0) is 29.3 Å². The summed E-state index contributed by atoms with van der Waals surface area (Å²) in [5, 5.41) is 2.25. The number of ether oxygens (including phenoxy) is 1. The number of rotatable bonds is 4. The van der Waals surface area contributed by atoms with Crippen molar-refractivity contribution < 1.29 is 9.53 Å². The molecule has 0 aliphatic heterocycles. The molecule has 0 atom stereocenters. The van der Waals surface area contributed by atoms with Crippen molar-refractivity contribution in [2.24, 2.45) is 0 Å². The zero-order chi connectivity index (χ0) is 13.7. The first kappa shape index (κ1) is 13.1. The lowest BCUT2D eigenvalue weighted by atomic mass is 10.0. The summed E-state index contributed by atoms with van der Waals surface area (Å²) in [6, 6.07) is 14.1. The van der Waals surface area contributed by atoms with Crippen molar-refractivity contribution in [3.05, 3.63) is 66.3 Å². The van der Waals surface area contributed by atoms with Crippen LogP contribution < -0.4 is 0 Å². The molecule has 19 heavy (non-hydrogen) atoms. The van der Waals surface area contributed by atoms with Crippen LogP contribution in [0.1, 0.15) is 12.5 Å². The summed E-state index contributed by atoms with van der Waals surface area (Å²) in [5.74, 6) is -0.342. The molecule has 0 heterocycles. The van der Waals surface area contributed by atoms with E-state index in [-0.39, 0.29) is 5.97 Å². The number of carbonyl (C=O) groups is 1. The summed E-state index contributed by atoms with van der Waals surface area (Å²) in [4.78, 5) is 11.8. The molecule has 0 radical (unpaired) electrons. The number of hydrogen-bond donors (Lipinski definition) is 0. The topological polar surface area (TPSA) is 26.3 Å². The fourth-order valence-corrected chi connectivity index (χ4v) is 1.96. The van der Waals surface area contributed by atoms with E-state index in [0.717, 1.165) is 16.3 Å². The van der Waals surface area contributed by atoms with Gasteiger partial charge in [-0.2, -0.15) is 0 Å². The molecular weight excluding hydrogens is 236 g/mol.